The zero-order valence-corrected chi connectivity index (χ0v) is 19.9. The molecule has 0 spiro atoms. The molecule has 34 heavy (non-hydrogen) atoms. The van der Waals surface area contributed by atoms with Gasteiger partial charge in [-0.15, -0.1) is 10.1 Å². The Bertz CT molecular complexity index is 1210. The molecular formula is C26H26ClN4O3+. The second-order valence-corrected chi connectivity index (χ2v) is 8.61. The number of nitrogens with one attached hydrogen (secondary N) is 2. The highest BCUT2D eigenvalue weighted by Crippen LogP contribution is 2.27. The molecule has 1 saturated heterocycles. The van der Waals surface area contributed by atoms with Crippen LogP contribution in [0.25, 0.3) is 0 Å². The Balaban J connectivity index is 1.66. The third-order valence-corrected chi connectivity index (χ3v) is 5.94. The van der Waals surface area contributed by atoms with Gasteiger partial charge in [0.05, 0.1) is 7.11 Å². The number of methoxy groups -OCH3 is 1. The van der Waals surface area contributed by atoms with Crippen LogP contribution in [-0.4, -0.2) is 50.0 Å². The lowest BCUT2D eigenvalue weighted by molar-refractivity contribution is -0.596. The summed E-state index contributed by atoms with van der Waals surface area (Å²) in [6, 6.07) is 20.7. The molecule has 2 N–H and O–H groups in total. The number of benzene rings is 3. The predicted molar refractivity (Wildman–Crippen MR) is 133 cm³/mol. The van der Waals surface area contributed by atoms with Gasteiger partial charge in [-0.25, -0.2) is 0 Å². The van der Waals surface area contributed by atoms with Crippen molar-refractivity contribution in [2.45, 2.75) is 12.1 Å². The fourth-order valence-electron chi connectivity index (χ4n) is 3.83. The van der Waals surface area contributed by atoms with E-state index in [1.807, 2.05) is 61.6 Å². The SMILES string of the molecule is COc1ccc(C(=O)N[C@H]2C(=O)N/[N+](=C\c3ccc(N(C)C)cc3)[C@H]2c2ccc(Cl)cc2)cc1. The molecule has 4 rings (SSSR count). The van der Waals surface area contributed by atoms with Gasteiger partial charge < -0.3 is 15.0 Å². The molecule has 1 fully saturated rings. The van der Waals surface area contributed by atoms with Crippen molar-refractivity contribution in [2.24, 2.45) is 0 Å². The molecule has 7 nitrogen and oxygen atoms in total. The highest BCUT2D eigenvalue weighted by Gasteiger charge is 2.47. The van der Waals surface area contributed by atoms with E-state index >= 15 is 0 Å². The van der Waals surface area contributed by atoms with Crippen LogP contribution in [0.1, 0.15) is 27.5 Å². The molecule has 1 aliphatic heterocycles. The molecule has 2 amide bonds. The molecule has 1 aliphatic rings. The van der Waals surface area contributed by atoms with E-state index in [-0.39, 0.29) is 11.8 Å². The van der Waals surface area contributed by atoms with Crippen LogP contribution in [0.4, 0.5) is 5.69 Å². The maximum absolute atomic E-state index is 13.0. The van der Waals surface area contributed by atoms with Crippen LogP contribution < -0.4 is 20.4 Å². The Kier molecular flexibility index (Phi) is 6.84. The molecule has 0 saturated carbocycles. The van der Waals surface area contributed by atoms with Gasteiger partial charge in [-0.3, -0.25) is 9.59 Å². The number of hydrogen-bond donors (Lipinski definition) is 2. The summed E-state index contributed by atoms with van der Waals surface area (Å²) in [6.07, 6.45) is 1.86. The van der Waals surface area contributed by atoms with Gasteiger partial charge in [0, 0.05) is 41.5 Å². The molecule has 0 radical (unpaired) electrons. The topological polar surface area (TPSA) is 73.7 Å². The Hall–Kier alpha value is -3.84. The largest absolute Gasteiger partial charge is 0.497 e. The summed E-state index contributed by atoms with van der Waals surface area (Å²) in [5, 5.41) is 3.48. The fraction of sp³-hybridized carbons (Fsp3) is 0.192. The molecule has 0 aliphatic carbocycles. The van der Waals surface area contributed by atoms with E-state index in [4.69, 9.17) is 16.3 Å². The summed E-state index contributed by atoms with van der Waals surface area (Å²) in [5.41, 5.74) is 6.14. The van der Waals surface area contributed by atoms with E-state index in [1.165, 1.54) is 0 Å². The van der Waals surface area contributed by atoms with Gasteiger partial charge in [0.2, 0.25) is 12.3 Å². The number of carbonyl (C=O) groups excluding carboxylic acids is 2. The molecule has 0 aromatic heterocycles. The average Bonchev–Trinajstić information content (AvgIpc) is 3.14. The maximum atomic E-state index is 13.0. The van der Waals surface area contributed by atoms with Crippen molar-refractivity contribution in [1.82, 2.24) is 10.7 Å². The summed E-state index contributed by atoms with van der Waals surface area (Å²) in [5.74, 6) is -0.00261. The third-order valence-electron chi connectivity index (χ3n) is 5.69. The Labute approximate surface area is 203 Å². The standard InChI is InChI=1S/C26H25ClN4O3/c1-30(2)21-12-4-17(5-13-21)16-31-24(18-6-10-20(27)11-7-18)23(26(33)29-31)28-25(32)19-8-14-22(34-3)15-9-19/h4-16,23-24H,1-3H3,(H-,28,29,32,33)/p+1/t23-,24+/m1/s1. The number of halogens is 1. The quantitative estimate of drug-likeness (QED) is 0.533. The summed E-state index contributed by atoms with van der Waals surface area (Å²) in [6.45, 7) is 0. The number of hydrazine groups is 1. The highest BCUT2D eigenvalue weighted by molar-refractivity contribution is 6.30. The Morgan fingerprint density at radius 2 is 1.68 bits per heavy atom. The zero-order chi connectivity index (χ0) is 24.2. The first-order valence-electron chi connectivity index (χ1n) is 10.8. The maximum Gasteiger partial charge on any atom is 0.304 e. The Morgan fingerprint density at radius 1 is 1.03 bits per heavy atom. The first-order chi connectivity index (χ1) is 16.4. The first kappa shape index (κ1) is 23.3. The van der Waals surface area contributed by atoms with E-state index < -0.39 is 12.1 Å². The minimum absolute atomic E-state index is 0.303. The fourth-order valence-corrected chi connectivity index (χ4v) is 3.95. The lowest BCUT2D eigenvalue weighted by Gasteiger charge is -2.15. The number of anilines is 1. The van der Waals surface area contributed by atoms with Gasteiger partial charge in [0.1, 0.15) is 5.75 Å². The zero-order valence-electron chi connectivity index (χ0n) is 19.2. The lowest BCUT2D eigenvalue weighted by Crippen LogP contribution is -2.42. The van der Waals surface area contributed by atoms with E-state index in [0.717, 1.165) is 16.8 Å². The predicted octanol–water partition coefficient (Wildman–Crippen LogP) is 3.43. The van der Waals surface area contributed by atoms with E-state index in [1.54, 1.807) is 48.2 Å². The van der Waals surface area contributed by atoms with Crippen LogP contribution in [0.5, 0.6) is 5.75 Å². The first-order valence-corrected chi connectivity index (χ1v) is 11.1. The normalized spacial score (nSPS) is 18.5. The van der Waals surface area contributed by atoms with Crippen LogP contribution in [0.15, 0.2) is 72.8 Å². The van der Waals surface area contributed by atoms with Crippen LogP contribution >= 0.6 is 11.6 Å². The van der Waals surface area contributed by atoms with Crippen molar-refractivity contribution in [2.75, 3.05) is 26.1 Å². The molecular weight excluding hydrogens is 452 g/mol. The summed E-state index contributed by atoms with van der Waals surface area (Å²) in [4.78, 5) is 28.0. The minimum atomic E-state index is -0.812. The van der Waals surface area contributed by atoms with Crippen LogP contribution in [-0.2, 0) is 4.79 Å². The van der Waals surface area contributed by atoms with Gasteiger partial charge in [-0.2, -0.15) is 0 Å². The molecule has 3 aromatic rings. The molecule has 174 valence electrons. The molecule has 0 bridgehead atoms. The average molecular weight is 478 g/mol. The van der Waals surface area contributed by atoms with Crippen LogP contribution in [0.2, 0.25) is 5.02 Å². The monoisotopic (exact) mass is 477 g/mol. The van der Waals surface area contributed by atoms with Crippen molar-refractivity contribution >= 4 is 35.3 Å². The smallest absolute Gasteiger partial charge is 0.304 e. The Morgan fingerprint density at radius 3 is 2.26 bits per heavy atom. The van der Waals surface area contributed by atoms with Crippen molar-refractivity contribution in [3.8, 4) is 5.75 Å². The third kappa shape index (κ3) is 5.05. The van der Waals surface area contributed by atoms with E-state index in [9.17, 15) is 9.59 Å². The molecule has 3 aromatic carbocycles. The van der Waals surface area contributed by atoms with Gasteiger partial charge in [0.25, 0.3) is 5.91 Å². The number of amides is 2. The number of hydrogen-bond acceptors (Lipinski definition) is 4. The van der Waals surface area contributed by atoms with Gasteiger partial charge >= 0.3 is 5.91 Å². The molecule has 8 heteroatoms. The van der Waals surface area contributed by atoms with Crippen molar-refractivity contribution in [3.05, 3.63) is 94.5 Å². The van der Waals surface area contributed by atoms with Crippen LogP contribution in [0.3, 0.4) is 0 Å². The van der Waals surface area contributed by atoms with Crippen molar-refractivity contribution < 1.29 is 19.0 Å². The second kappa shape index (κ2) is 9.97. The second-order valence-electron chi connectivity index (χ2n) is 8.17. The summed E-state index contributed by atoms with van der Waals surface area (Å²) >= 11 is 6.09. The number of nitrogens with zero attached hydrogens (tertiary/aromatic N) is 2. The van der Waals surface area contributed by atoms with Gasteiger partial charge in [-0.1, -0.05) is 23.7 Å². The van der Waals surface area contributed by atoms with Gasteiger partial charge in [0.15, 0.2) is 6.04 Å². The molecule has 0 unspecified atom stereocenters. The minimum Gasteiger partial charge on any atom is -0.497 e. The van der Waals surface area contributed by atoms with E-state index in [0.29, 0.717) is 16.3 Å². The van der Waals surface area contributed by atoms with Crippen LogP contribution in [0, 0.1) is 0 Å². The highest BCUT2D eigenvalue weighted by atomic mass is 35.5. The van der Waals surface area contributed by atoms with E-state index in [2.05, 4.69) is 10.7 Å². The molecule has 2 atom stereocenters. The number of ether oxygens (including phenoxy) is 1. The lowest BCUT2D eigenvalue weighted by atomic mass is 9.99. The van der Waals surface area contributed by atoms with Crippen molar-refractivity contribution in [3.63, 3.8) is 0 Å². The summed E-state index contributed by atoms with van der Waals surface area (Å²) < 4.78 is 6.89. The number of hydrazone groups is 1. The van der Waals surface area contributed by atoms with Gasteiger partial charge in [-0.05, 0) is 60.7 Å². The number of carbonyl (C=O) groups is 2. The molecule has 1 heterocycles. The summed E-state index contributed by atoms with van der Waals surface area (Å²) in [7, 11) is 5.52. The van der Waals surface area contributed by atoms with Crippen molar-refractivity contribution in [1.29, 1.82) is 0 Å². The number of rotatable bonds is 6.